The number of rotatable bonds is 3. The van der Waals surface area contributed by atoms with Crippen molar-refractivity contribution in [1.82, 2.24) is 10.3 Å². The molecule has 110 valence electrons. The van der Waals surface area contributed by atoms with Crippen LogP contribution in [0.15, 0.2) is 34.9 Å². The zero-order valence-corrected chi connectivity index (χ0v) is 12.5. The largest absolute Gasteiger partial charge is 0.445 e. The molecule has 2 aliphatic rings. The molecule has 3 nitrogen and oxygen atoms in total. The molecule has 2 atom stereocenters. The summed E-state index contributed by atoms with van der Waals surface area (Å²) in [6.07, 6.45) is 6.93. The number of nitrogens with zero attached hydrogens (tertiary/aromatic N) is 1. The molecular weight excluding hydrogens is 260 g/mol. The predicted octanol–water partition coefficient (Wildman–Crippen LogP) is 3.27. The Morgan fingerprint density at radius 3 is 2.38 bits per heavy atom. The van der Waals surface area contributed by atoms with E-state index in [1.807, 2.05) is 6.92 Å². The Morgan fingerprint density at radius 2 is 1.81 bits per heavy atom. The van der Waals surface area contributed by atoms with Gasteiger partial charge in [-0.1, -0.05) is 24.3 Å². The first-order valence-corrected chi connectivity index (χ1v) is 8.01. The second-order valence-electron chi connectivity index (χ2n) is 6.55. The Kier molecular flexibility index (Phi) is 3.30. The van der Waals surface area contributed by atoms with E-state index in [1.165, 1.54) is 25.7 Å². The molecule has 1 N–H and O–H groups in total. The number of oxazole rings is 1. The molecule has 2 bridgehead atoms. The van der Waals surface area contributed by atoms with E-state index in [-0.39, 0.29) is 0 Å². The summed E-state index contributed by atoms with van der Waals surface area (Å²) in [5.74, 6) is 3.22. The van der Waals surface area contributed by atoms with Crippen LogP contribution in [0.4, 0.5) is 0 Å². The first-order chi connectivity index (χ1) is 10.3. The molecule has 0 radical (unpaired) electrons. The standard InChI is InChI=1S/C18H22N2O/c1-12-10-19-17(21-12)11-20-18-15-6-7-16(18)9-14-5-3-2-4-13(14)8-15/h2-5,10,15-16,18,20H,6-9,11H2,1H3. The summed E-state index contributed by atoms with van der Waals surface area (Å²) in [7, 11) is 0. The van der Waals surface area contributed by atoms with Gasteiger partial charge in [0.1, 0.15) is 5.76 Å². The molecule has 2 aliphatic carbocycles. The minimum atomic E-state index is 0.601. The lowest BCUT2D eigenvalue weighted by molar-refractivity contribution is 0.322. The molecular formula is C18H22N2O. The smallest absolute Gasteiger partial charge is 0.208 e. The zero-order chi connectivity index (χ0) is 14.2. The second kappa shape index (κ2) is 5.30. The van der Waals surface area contributed by atoms with Crippen LogP contribution in [-0.4, -0.2) is 11.0 Å². The summed E-state index contributed by atoms with van der Waals surface area (Å²) in [5, 5.41) is 3.73. The summed E-state index contributed by atoms with van der Waals surface area (Å²) in [5.41, 5.74) is 3.12. The van der Waals surface area contributed by atoms with Gasteiger partial charge in [0.25, 0.3) is 0 Å². The van der Waals surface area contributed by atoms with Gasteiger partial charge in [-0.15, -0.1) is 0 Å². The van der Waals surface area contributed by atoms with E-state index in [0.717, 1.165) is 30.0 Å². The van der Waals surface area contributed by atoms with Crippen molar-refractivity contribution in [2.45, 2.75) is 45.2 Å². The number of aromatic nitrogens is 1. The summed E-state index contributed by atoms with van der Waals surface area (Å²) < 4.78 is 5.58. The first-order valence-electron chi connectivity index (χ1n) is 8.01. The fourth-order valence-corrected chi connectivity index (χ4v) is 4.17. The van der Waals surface area contributed by atoms with Crippen molar-refractivity contribution in [2.75, 3.05) is 0 Å². The summed E-state index contributed by atoms with van der Waals surface area (Å²) in [6.45, 7) is 2.70. The normalized spacial score (nSPS) is 27.4. The van der Waals surface area contributed by atoms with Gasteiger partial charge in [0.05, 0.1) is 12.7 Å². The van der Waals surface area contributed by atoms with Gasteiger partial charge >= 0.3 is 0 Å². The zero-order valence-electron chi connectivity index (χ0n) is 12.5. The van der Waals surface area contributed by atoms with Gasteiger partial charge in [0.2, 0.25) is 5.89 Å². The maximum Gasteiger partial charge on any atom is 0.208 e. The molecule has 1 heterocycles. The van der Waals surface area contributed by atoms with Crippen LogP contribution in [-0.2, 0) is 19.4 Å². The quantitative estimate of drug-likeness (QED) is 0.939. The molecule has 21 heavy (non-hydrogen) atoms. The Bertz CT molecular complexity index is 601. The van der Waals surface area contributed by atoms with E-state index >= 15 is 0 Å². The van der Waals surface area contributed by atoms with Crippen LogP contribution < -0.4 is 5.32 Å². The van der Waals surface area contributed by atoms with Crippen LogP contribution in [0.25, 0.3) is 0 Å². The summed E-state index contributed by atoms with van der Waals surface area (Å²) in [4.78, 5) is 4.30. The Morgan fingerprint density at radius 1 is 1.14 bits per heavy atom. The molecule has 2 aromatic rings. The number of nitrogens with one attached hydrogen (secondary N) is 1. The highest BCUT2D eigenvalue weighted by molar-refractivity contribution is 5.30. The predicted molar refractivity (Wildman–Crippen MR) is 81.9 cm³/mol. The molecule has 0 amide bonds. The minimum Gasteiger partial charge on any atom is -0.445 e. The van der Waals surface area contributed by atoms with Crippen molar-refractivity contribution in [3.8, 4) is 0 Å². The third-order valence-electron chi connectivity index (χ3n) is 5.16. The highest BCUT2D eigenvalue weighted by atomic mass is 16.4. The van der Waals surface area contributed by atoms with Gasteiger partial charge in [-0.25, -0.2) is 4.98 Å². The van der Waals surface area contributed by atoms with Gasteiger partial charge in [0, 0.05) is 6.04 Å². The van der Waals surface area contributed by atoms with Gasteiger partial charge in [0.15, 0.2) is 0 Å². The third kappa shape index (κ3) is 2.51. The Hall–Kier alpha value is -1.61. The maximum absolute atomic E-state index is 5.58. The highest BCUT2D eigenvalue weighted by Crippen LogP contribution is 2.40. The molecule has 1 saturated carbocycles. The molecule has 4 rings (SSSR count). The van der Waals surface area contributed by atoms with Crippen molar-refractivity contribution in [3.05, 3.63) is 53.2 Å². The first kappa shape index (κ1) is 13.1. The van der Waals surface area contributed by atoms with E-state index in [1.54, 1.807) is 17.3 Å². The molecule has 0 aliphatic heterocycles. The lowest BCUT2D eigenvalue weighted by atomic mass is 9.94. The Balaban J connectivity index is 1.50. The van der Waals surface area contributed by atoms with E-state index < -0.39 is 0 Å². The summed E-state index contributed by atoms with van der Waals surface area (Å²) in [6, 6.07) is 9.57. The van der Waals surface area contributed by atoms with E-state index in [0.29, 0.717) is 6.04 Å². The van der Waals surface area contributed by atoms with Gasteiger partial charge in [-0.2, -0.15) is 0 Å². The van der Waals surface area contributed by atoms with Crippen LogP contribution in [0.5, 0.6) is 0 Å². The Labute approximate surface area is 125 Å². The monoisotopic (exact) mass is 282 g/mol. The molecule has 0 spiro atoms. The topological polar surface area (TPSA) is 38.1 Å². The lowest BCUT2D eigenvalue weighted by Gasteiger charge is -2.23. The number of benzene rings is 1. The van der Waals surface area contributed by atoms with Crippen molar-refractivity contribution >= 4 is 0 Å². The van der Waals surface area contributed by atoms with Crippen LogP contribution in [0.3, 0.4) is 0 Å². The van der Waals surface area contributed by atoms with E-state index in [2.05, 4.69) is 34.6 Å². The number of hydrogen-bond acceptors (Lipinski definition) is 3. The van der Waals surface area contributed by atoms with Gasteiger partial charge in [-0.3, -0.25) is 0 Å². The lowest BCUT2D eigenvalue weighted by Crippen LogP contribution is -2.37. The SMILES string of the molecule is Cc1cnc(CNC2C3CCC2Cc2ccccc2C3)o1. The fourth-order valence-electron chi connectivity index (χ4n) is 4.17. The number of fused-ring (bicyclic) bond motifs is 3. The molecule has 2 unspecified atom stereocenters. The van der Waals surface area contributed by atoms with Gasteiger partial charge in [-0.05, 0) is 55.6 Å². The van der Waals surface area contributed by atoms with Crippen molar-refractivity contribution in [2.24, 2.45) is 11.8 Å². The minimum absolute atomic E-state index is 0.601. The fraction of sp³-hybridized carbons (Fsp3) is 0.500. The van der Waals surface area contributed by atoms with Gasteiger partial charge < -0.3 is 9.73 Å². The summed E-state index contributed by atoms with van der Waals surface area (Å²) >= 11 is 0. The van der Waals surface area contributed by atoms with E-state index in [4.69, 9.17) is 4.42 Å². The maximum atomic E-state index is 5.58. The average Bonchev–Trinajstić information content (AvgIpc) is 2.99. The molecule has 3 heteroatoms. The van der Waals surface area contributed by atoms with Crippen LogP contribution in [0.2, 0.25) is 0 Å². The number of aryl methyl sites for hydroxylation is 1. The van der Waals surface area contributed by atoms with Crippen molar-refractivity contribution in [1.29, 1.82) is 0 Å². The molecule has 1 fully saturated rings. The second-order valence-corrected chi connectivity index (χ2v) is 6.55. The molecule has 1 aromatic carbocycles. The van der Waals surface area contributed by atoms with Crippen LogP contribution in [0, 0.1) is 18.8 Å². The average molecular weight is 282 g/mol. The third-order valence-corrected chi connectivity index (χ3v) is 5.16. The molecule has 0 saturated heterocycles. The van der Waals surface area contributed by atoms with E-state index in [9.17, 15) is 0 Å². The van der Waals surface area contributed by atoms with Crippen LogP contribution in [0.1, 0.15) is 35.6 Å². The number of hydrogen-bond donors (Lipinski definition) is 1. The van der Waals surface area contributed by atoms with Crippen molar-refractivity contribution < 1.29 is 4.42 Å². The highest BCUT2D eigenvalue weighted by Gasteiger charge is 2.38. The van der Waals surface area contributed by atoms with Crippen molar-refractivity contribution in [3.63, 3.8) is 0 Å². The molecule has 1 aromatic heterocycles. The van der Waals surface area contributed by atoms with Crippen LogP contribution >= 0.6 is 0 Å².